The van der Waals surface area contributed by atoms with E-state index in [2.05, 4.69) is 49.8 Å². The first-order valence-electron chi connectivity index (χ1n) is 21.2. The molecule has 346 valence electrons. The molecule has 2 atom stereocenters. The summed E-state index contributed by atoms with van der Waals surface area (Å²) in [5.41, 5.74) is 1.93. The van der Waals surface area contributed by atoms with Gasteiger partial charge >= 0.3 is 11.9 Å². The van der Waals surface area contributed by atoms with Gasteiger partial charge in [0.15, 0.2) is 12.4 Å². The number of carbonyl (C=O) groups is 5. The third kappa shape index (κ3) is 9.66. The SMILES string of the molecule is C#CCN1C(=O)COc2cc(F)c(/N=c3\snc4n3CC(C)(C)C4)cc21.Cc1ccc(C(=O)O)c(C2=NC(C)(C(C)C)C(=O)N2)c1.Cc1ccc(C2=NC(C)(C(C)C)C(=O)N2)c(C(=O)O)c1. The molecular weight excluding hydrogens is 868 g/mol. The maximum atomic E-state index is 14.5. The van der Waals surface area contributed by atoms with E-state index in [1.165, 1.54) is 34.6 Å². The highest BCUT2D eigenvalue weighted by atomic mass is 32.1. The number of aromatic carboxylic acids is 2. The number of rotatable bonds is 8. The van der Waals surface area contributed by atoms with Gasteiger partial charge < -0.3 is 30.2 Å². The number of anilines is 1. The van der Waals surface area contributed by atoms with E-state index in [9.17, 15) is 38.6 Å². The van der Waals surface area contributed by atoms with E-state index in [1.807, 2.05) is 52.2 Å². The molecule has 0 saturated heterocycles. The van der Waals surface area contributed by atoms with Crippen LogP contribution in [0.4, 0.5) is 15.8 Å². The Kier molecular flexibility index (Phi) is 13.6. The van der Waals surface area contributed by atoms with Crippen LogP contribution in [0, 0.1) is 49.3 Å². The van der Waals surface area contributed by atoms with Gasteiger partial charge in [-0.15, -0.1) is 6.42 Å². The average Bonchev–Trinajstić information content (AvgIpc) is 3.96. The second kappa shape index (κ2) is 18.5. The molecule has 0 bridgehead atoms. The monoisotopic (exact) mass is 920 g/mol. The molecule has 0 fully saturated rings. The van der Waals surface area contributed by atoms with Crippen LogP contribution in [0.1, 0.15) is 104 Å². The summed E-state index contributed by atoms with van der Waals surface area (Å²) in [6.07, 6.45) is 6.22. The number of aryl methyl sites for hydroxylation is 2. The molecule has 8 rings (SSSR count). The van der Waals surface area contributed by atoms with Crippen molar-refractivity contribution in [2.75, 3.05) is 18.1 Å². The van der Waals surface area contributed by atoms with E-state index in [-0.39, 0.29) is 64.9 Å². The largest absolute Gasteiger partial charge is 0.481 e. The highest BCUT2D eigenvalue weighted by Gasteiger charge is 2.44. The molecule has 1 aromatic heterocycles. The van der Waals surface area contributed by atoms with Crippen molar-refractivity contribution >= 4 is 64.2 Å². The summed E-state index contributed by atoms with van der Waals surface area (Å²) in [4.78, 5) is 74.3. The van der Waals surface area contributed by atoms with E-state index in [4.69, 9.17) is 11.2 Å². The Balaban J connectivity index is 0.000000166. The third-order valence-electron chi connectivity index (χ3n) is 12.1. The summed E-state index contributed by atoms with van der Waals surface area (Å²) >= 11 is 1.24. The summed E-state index contributed by atoms with van der Waals surface area (Å²) in [5.74, 6) is 1.20. The lowest BCUT2D eigenvalue weighted by Crippen LogP contribution is -2.41. The number of nitrogens with zero attached hydrogens (tertiary/aromatic N) is 6. The van der Waals surface area contributed by atoms with Crippen LogP contribution in [-0.4, -0.2) is 84.7 Å². The van der Waals surface area contributed by atoms with Crippen LogP contribution >= 0.6 is 11.5 Å². The van der Waals surface area contributed by atoms with Crippen LogP contribution in [0.25, 0.3) is 0 Å². The Bertz CT molecular complexity index is 2850. The van der Waals surface area contributed by atoms with Crippen LogP contribution in [0.5, 0.6) is 5.75 Å². The molecule has 66 heavy (non-hydrogen) atoms. The van der Waals surface area contributed by atoms with E-state index >= 15 is 0 Å². The fraction of sp³-hybridized carbons (Fsp3) is 0.396. The molecule has 3 amide bonds. The molecule has 3 aromatic carbocycles. The zero-order valence-electron chi connectivity index (χ0n) is 38.5. The molecule has 4 aliphatic heterocycles. The lowest BCUT2D eigenvalue weighted by molar-refractivity contribution is -0.125. The van der Waals surface area contributed by atoms with E-state index in [0.29, 0.717) is 39.0 Å². The van der Waals surface area contributed by atoms with Crippen LogP contribution < -0.4 is 25.1 Å². The van der Waals surface area contributed by atoms with E-state index < -0.39 is 28.8 Å². The zero-order chi connectivity index (χ0) is 48.6. The fourth-order valence-corrected chi connectivity index (χ4v) is 8.21. The Morgan fingerprint density at radius 1 is 0.879 bits per heavy atom. The predicted octanol–water partition coefficient (Wildman–Crippen LogP) is 6.23. The van der Waals surface area contributed by atoms with Crippen molar-refractivity contribution in [3.8, 4) is 18.1 Å². The number of aromatic nitrogens is 2. The molecule has 5 heterocycles. The molecular formula is C48H53FN8O8S. The molecule has 0 aliphatic carbocycles. The minimum Gasteiger partial charge on any atom is -0.481 e. The topological polar surface area (TPSA) is 217 Å². The third-order valence-corrected chi connectivity index (χ3v) is 12.9. The van der Waals surface area contributed by atoms with Gasteiger partial charge in [0.2, 0.25) is 4.80 Å². The lowest BCUT2D eigenvalue weighted by atomic mass is 9.89. The number of hydrogen-bond acceptors (Lipinski definition) is 11. The number of carboxylic acid groups (broad SMARTS) is 2. The van der Waals surface area contributed by atoms with Gasteiger partial charge in [0, 0.05) is 41.7 Å². The van der Waals surface area contributed by atoms with Crippen molar-refractivity contribution in [3.63, 3.8) is 0 Å². The van der Waals surface area contributed by atoms with E-state index in [1.54, 1.807) is 38.1 Å². The van der Waals surface area contributed by atoms with Gasteiger partial charge in [-0.25, -0.2) is 19.0 Å². The number of terminal acetylenes is 1. The van der Waals surface area contributed by atoms with Gasteiger partial charge in [0.05, 0.1) is 23.4 Å². The normalized spacial score (nSPS) is 20.5. The summed E-state index contributed by atoms with van der Waals surface area (Å²) < 4.78 is 26.3. The lowest BCUT2D eigenvalue weighted by Gasteiger charge is -2.28. The maximum absolute atomic E-state index is 14.5. The Hall–Kier alpha value is -7.00. The molecule has 4 aliphatic rings. The first-order chi connectivity index (χ1) is 30.9. The van der Waals surface area contributed by atoms with Gasteiger partial charge in [0.25, 0.3) is 17.7 Å². The molecule has 0 radical (unpaired) electrons. The van der Waals surface area contributed by atoms with Gasteiger partial charge in [-0.3, -0.25) is 29.3 Å². The number of ether oxygens (including phenoxy) is 1. The smallest absolute Gasteiger partial charge is 0.336 e. The Morgan fingerprint density at radius 2 is 1.45 bits per heavy atom. The highest BCUT2D eigenvalue weighted by Crippen LogP contribution is 2.38. The summed E-state index contributed by atoms with van der Waals surface area (Å²) in [7, 11) is 0. The van der Waals surface area contributed by atoms with Gasteiger partial charge in [0.1, 0.15) is 40.0 Å². The number of amidine groups is 2. The van der Waals surface area contributed by atoms with Crippen molar-refractivity contribution in [1.82, 2.24) is 19.6 Å². The molecule has 4 N–H and O–H groups in total. The van der Waals surface area contributed by atoms with E-state index in [0.717, 1.165) is 29.9 Å². The van der Waals surface area contributed by atoms with Gasteiger partial charge in [-0.2, -0.15) is 4.37 Å². The van der Waals surface area contributed by atoms with Crippen molar-refractivity contribution < 1.29 is 43.3 Å². The Labute approximate surface area is 385 Å². The van der Waals surface area contributed by atoms with Crippen molar-refractivity contribution in [1.29, 1.82) is 0 Å². The van der Waals surface area contributed by atoms with Crippen molar-refractivity contribution in [2.24, 2.45) is 32.2 Å². The van der Waals surface area contributed by atoms with Gasteiger partial charge in [-0.05, 0) is 69.2 Å². The minimum absolute atomic E-state index is 0.0260. The number of carboxylic acids is 2. The maximum Gasteiger partial charge on any atom is 0.336 e. The quantitative estimate of drug-likeness (QED) is 0.147. The number of aliphatic imine (C=N–C) groups is 2. The van der Waals surface area contributed by atoms with Crippen molar-refractivity contribution in [2.45, 2.75) is 93.3 Å². The van der Waals surface area contributed by atoms with Crippen LogP contribution in [-0.2, 0) is 27.3 Å². The first-order valence-corrected chi connectivity index (χ1v) is 22.0. The number of benzene rings is 3. The second-order valence-corrected chi connectivity index (χ2v) is 19.0. The summed E-state index contributed by atoms with van der Waals surface area (Å²) in [6, 6.07) is 12.8. The summed E-state index contributed by atoms with van der Waals surface area (Å²) in [6.45, 7) is 19.9. The molecule has 18 heteroatoms. The summed E-state index contributed by atoms with van der Waals surface area (Å²) in [5, 5.41) is 24.0. The number of halogens is 1. The molecule has 4 aromatic rings. The molecule has 2 unspecified atom stereocenters. The molecule has 0 saturated carbocycles. The number of amides is 3. The van der Waals surface area contributed by atoms with Crippen LogP contribution in [0.2, 0.25) is 0 Å². The van der Waals surface area contributed by atoms with Gasteiger partial charge in [-0.1, -0.05) is 76.8 Å². The minimum atomic E-state index is -1.03. The standard InChI is InChI=1S/C18H17FN4O2S.2C15H18N2O3/c1-4-5-22-13-7-12(11(19)6-14(13)25-9-16(22)24)20-17-23-10-18(2,3)8-15(23)21-26-17;1-8(2)15(4)14(20)16-12(17-15)11-7-9(3)5-6-10(11)13(18)19;1-8(2)15(4)14(20)16-12(17-15)10-6-5-9(3)7-11(10)13(18)19/h1,6-7H,5,8-10H2,2-3H3;2*5-8H,1-4H3,(H,18,19)(H,16,17,20)/b20-17-;;. The molecule has 16 nitrogen and oxygen atoms in total. The second-order valence-electron chi connectivity index (χ2n) is 18.3. The molecule has 0 spiro atoms. The number of carbonyl (C=O) groups excluding carboxylic acids is 3. The predicted molar refractivity (Wildman–Crippen MR) is 248 cm³/mol. The zero-order valence-corrected chi connectivity index (χ0v) is 39.3. The first kappa shape index (κ1) is 48.5. The van der Waals surface area contributed by atoms with Crippen molar-refractivity contribution in [3.05, 3.63) is 98.4 Å². The Morgan fingerprint density at radius 3 is 2.02 bits per heavy atom. The fourth-order valence-electron chi connectivity index (χ4n) is 7.46. The average molecular weight is 921 g/mol. The number of hydrogen-bond donors (Lipinski definition) is 4. The number of fused-ring (bicyclic) bond motifs is 2. The number of nitrogens with one attached hydrogen (secondary N) is 2. The van der Waals surface area contributed by atoms with Crippen LogP contribution in [0.3, 0.4) is 0 Å². The highest BCUT2D eigenvalue weighted by molar-refractivity contribution is 7.02. The van der Waals surface area contributed by atoms with Crippen LogP contribution in [0.15, 0.2) is 63.5 Å².